The zero-order valence-electron chi connectivity index (χ0n) is 19.3. The maximum absolute atomic E-state index is 13.2. The van der Waals surface area contributed by atoms with Gasteiger partial charge < -0.3 is 34.2 Å². The van der Waals surface area contributed by atoms with Crippen LogP contribution in [0.25, 0.3) is 10.9 Å². The Hall–Kier alpha value is -1.87. The molecule has 5 N–H and O–H groups in total. The number of fused-ring (bicyclic) bond motifs is 1. The summed E-state index contributed by atoms with van der Waals surface area (Å²) in [4.78, 5) is 53.9. The second-order valence-corrected chi connectivity index (χ2v) is 14.9. The van der Waals surface area contributed by atoms with Crippen LogP contribution in [0.15, 0.2) is 46.1 Å². The van der Waals surface area contributed by atoms with Gasteiger partial charge in [0, 0.05) is 24.7 Å². The number of ether oxygens (including phenoxy) is 1. The van der Waals surface area contributed by atoms with E-state index in [-0.39, 0.29) is 6.54 Å². The van der Waals surface area contributed by atoms with Gasteiger partial charge in [-0.1, -0.05) is 41.4 Å². The van der Waals surface area contributed by atoms with Crippen molar-refractivity contribution in [2.75, 3.05) is 6.61 Å². The second kappa shape index (κ2) is 10.3. The van der Waals surface area contributed by atoms with Crippen molar-refractivity contribution >= 4 is 49.3 Å². The molecule has 1 saturated heterocycles. The van der Waals surface area contributed by atoms with Gasteiger partial charge in [-0.05, 0) is 6.07 Å². The summed E-state index contributed by atoms with van der Waals surface area (Å²) in [7, 11) is -9.26. The summed E-state index contributed by atoms with van der Waals surface area (Å²) in [5.74, 6) is 0. The van der Waals surface area contributed by atoms with E-state index in [2.05, 4.69) is 9.62 Å². The summed E-state index contributed by atoms with van der Waals surface area (Å²) in [5, 5.41) is 26.0. The fourth-order valence-electron chi connectivity index (χ4n) is 3.94. The Labute approximate surface area is 223 Å². The third kappa shape index (κ3) is 5.05. The molecule has 0 radical (unpaired) electrons. The van der Waals surface area contributed by atoms with E-state index < -0.39 is 61.4 Å². The van der Waals surface area contributed by atoms with Crippen LogP contribution in [0.2, 0.25) is 0 Å². The van der Waals surface area contributed by atoms with Crippen LogP contribution in [-0.2, 0) is 32.0 Å². The predicted molar refractivity (Wildman–Crippen MR) is 133 cm³/mol. The number of aryl methyl sites for hydroxylation is 1. The molecule has 1 aliphatic heterocycles. The molecule has 0 spiro atoms. The van der Waals surface area contributed by atoms with Gasteiger partial charge in [-0.15, -0.1) is 0 Å². The lowest BCUT2D eigenvalue weighted by molar-refractivity contribution is -0.0531. The number of hydrogen-bond acceptors (Lipinski definition) is 9. The molecule has 1 aromatic carbocycles. The molecule has 208 valence electrons. The van der Waals surface area contributed by atoms with Gasteiger partial charge >= 0.3 is 24.7 Å². The van der Waals surface area contributed by atoms with Crippen LogP contribution in [0, 0.1) is 0 Å². The van der Waals surface area contributed by atoms with Crippen molar-refractivity contribution in [2.24, 2.45) is 7.05 Å². The lowest BCUT2D eigenvalue weighted by Crippen LogP contribution is -2.43. The van der Waals surface area contributed by atoms with Crippen LogP contribution in [0.1, 0.15) is 11.9 Å². The summed E-state index contributed by atoms with van der Waals surface area (Å²) in [5.41, 5.74) is -0.396. The van der Waals surface area contributed by atoms with Crippen molar-refractivity contribution < 1.29 is 43.3 Å². The molecule has 0 saturated carbocycles. The summed E-state index contributed by atoms with van der Waals surface area (Å²) >= 11 is 10.7. The summed E-state index contributed by atoms with van der Waals surface area (Å²) in [6.07, 6.45) is -5.67. The van der Waals surface area contributed by atoms with E-state index >= 15 is 0 Å². The number of aromatic nitrogens is 4. The van der Waals surface area contributed by atoms with Gasteiger partial charge in [-0.3, -0.25) is 27.7 Å². The van der Waals surface area contributed by atoms with Crippen LogP contribution in [0.4, 0.5) is 0 Å². The largest absolute Gasteiger partial charge is 0.387 e. The lowest BCUT2D eigenvalue weighted by Gasteiger charge is -2.26. The Bertz CT molecular complexity index is 1580. The van der Waals surface area contributed by atoms with Crippen molar-refractivity contribution in [3.8, 4) is 0 Å². The van der Waals surface area contributed by atoms with E-state index in [1.165, 1.54) is 0 Å². The number of alkyl halides is 2. The minimum absolute atomic E-state index is 0.221. The zero-order chi connectivity index (χ0) is 28.2. The third-order valence-corrected chi connectivity index (χ3v) is 12.0. The molecule has 0 amide bonds. The van der Waals surface area contributed by atoms with Crippen LogP contribution in [0.3, 0.4) is 0 Å². The average molecular weight is 615 g/mol. The zero-order valence-corrected chi connectivity index (χ0v) is 22.6. The first-order valence-corrected chi connectivity index (χ1v) is 14.7. The molecule has 3 heterocycles. The van der Waals surface area contributed by atoms with Gasteiger partial charge in [-0.2, -0.15) is 5.10 Å². The Morgan fingerprint density at radius 2 is 1.76 bits per heavy atom. The van der Waals surface area contributed by atoms with E-state index in [0.29, 0.717) is 11.1 Å². The quantitative estimate of drug-likeness (QED) is 0.168. The van der Waals surface area contributed by atoms with E-state index in [1.807, 2.05) is 12.1 Å². The molecule has 2 aromatic heterocycles. The van der Waals surface area contributed by atoms with Gasteiger partial charge in [0.2, 0.25) is 0 Å². The fraction of sp³-hybridized carbons (Fsp3) is 0.421. The Kier molecular flexibility index (Phi) is 7.87. The average Bonchev–Trinajstić information content (AvgIpc) is 3.30. The van der Waals surface area contributed by atoms with E-state index in [9.17, 15) is 33.8 Å². The van der Waals surface area contributed by atoms with Crippen LogP contribution in [-0.4, -0.2) is 72.5 Å². The first kappa shape index (κ1) is 29.1. The molecule has 1 aliphatic rings. The van der Waals surface area contributed by atoms with Crippen molar-refractivity contribution in [1.82, 2.24) is 18.9 Å². The highest BCUT2D eigenvalue weighted by atomic mass is 35.5. The number of halogens is 2. The first-order chi connectivity index (χ1) is 17.6. The molecule has 4 rings (SSSR count). The van der Waals surface area contributed by atoms with E-state index in [4.69, 9.17) is 37.7 Å². The van der Waals surface area contributed by atoms with Gasteiger partial charge in [0.05, 0.1) is 24.4 Å². The van der Waals surface area contributed by atoms with Crippen LogP contribution in [0.5, 0.6) is 0 Å². The molecule has 0 bridgehead atoms. The topological polar surface area (TPSA) is 216 Å². The van der Waals surface area contributed by atoms with Crippen LogP contribution >= 0.6 is 38.4 Å². The highest BCUT2D eigenvalue weighted by Gasteiger charge is 2.60. The second-order valence-electron chi connectivity index (χ2n) is 8.43. The Balaban J connectivity index is 1.59. The normalized spacial score (nSPS) is 24.1. The van der Waals surface area contributed by atoms with Crippen LogP contribution < -0.4 is 11.2 Å². The smallest absolute Gasteiger partial charge is 0.376 e. The molecule has 0 aliphatic carbocycles. The van der Waals surface area contributed by atoms with Gasteiger partial charge in [0.1, 0.15) is 18.3 Å². The lowest BCUT2D eigenvalue weighted by atomic mass is 10.1. The number of hydrogen-bond donors (Lipinski definition) is 5. The molecule has 19 heteroatoms. The predicted octanol–water partition coefficient (Wildman–Crippen LogP) is 0.0328. The monoisotopic (exact) mass is 614 g/mol. The van der Waals surface area contributed by atoms with Crippen molar-refractivity contribution in [3.05, 3.63) is 63.1 Å². The summed E-state index contributed by atoms with van der Waals surface area (Å²) in [6, 6.07) is 8.21. The van der Waals surface area contributed by atoms with Crippen molar-refractivity contribution in [3.63, 3.8) is 0 Å². The molecule has 15 nitrogen and oxygen atoms in total. The molecular weight excluding hydrogens is 593 g/mol. The highest BCUT2D eigenvalue weighted by Crippen LogP contribution is 2.75. The van der Waals surface area contributed by atoms with E-state index in [1.54, 1.807) is 23.9 Å². The number of para-hydroxylation sites is 1. The number of benzene rings is 1. The van der Waals surface area contributed by atoms with Gasteiger partial charge in [-0.25, -0.2) is 4.79 Å². The Morgan fingerprint density at radius 3 is 2.42 bits per heavy atom. The first-order valence-electron chi connectivity index (χ1n) is 10.7. The SMILES string of the molecule is Cn1nc(Cn2c(=O)ccn([C@@H]3O[C@H](COP(=O)(O)C(Cl)(Cl)P(=O)(O)O)[C@@H](O)[C@H]3O)c2=O)c2ccccc21. The molecule has 5 atom stereocenters. The number of aliphatic hydroxyl groups excluding tert-OH is 2. The van der Waals surface area contributed by atoms with Gasteiger partial charge in [0.15, 0.2) is 6.23 Å². The highest BCUT2D eigenvalue weighted by molar-refractivity contribution is 7.78. The van der Waals surface area contributed by atoms with Gasteiger partial charge in [0.25, 0.3) is 5.56 Å². The Morgan fingerprint density at radius 1 is 1.11 bits per heavy atom. The third-order valence-electron chi connectivity index (χ3n) is 5.95. The standard InChI is InChI=1S/C19H22Cl2N4O11P2/c1-23-12-5-3-2-4-10(12)11(22-23)8-25-14(26)6-7-24(18(25)29)17-16(28)15(27)13(36-17)9-35-38(33,34)19(20,21)37(30,31)32/h2-7,13,15-17,27-28H,8-9H2,1H3,(H,33,34)(H2,30,31,32)/t13-,15-,16-,17-/m1/s1. The minimum Gasteiger partial charge on any atom is -0.387 e. The summed E-state index contributed by atoms with van der Waals surface area (Å²) < 4.78 is 33.5. The fourth-order valence-corrected chi connectivity index (χ4v) is 6.23. The molecule has 1 fully saturated rings. The molecular formula is C19H22Cl2N4O11P2. The molecule has 1 unspecified atom stereocenters. The minimum atomic E-state index is -5.54. The summed E-state index contributed by atoms with van der Waals surface area (Å²) in [6.45, 7) is -1.22. The van der Waals surface area contributed by atoms with E-state index in [0.717, 1.165) is 26.9 Å². The molecule has 3 aromatic rings. The maximum atomic E-state index is 13.2. The van der Waals surface area contributed by atoms with Crippen molar-refractivity contribution in [1.29, 1.82) is 0 Å². The molecule has 38 heavy (non-hydrogen) atoms. The van der Waals surface area contributed by atoms with Crippen molar-refractivity contribution in [2.45, 2.75) is 34.9 Å². The number of aliphatic hydroxyl groups is 2. The number of rotatable bonds is 8. The maximum Gasteiger partial charge on any atom is 0.376 e. The number of nitrogens with zero attached hydrogens (tertiary/aromatic N) is 4.